The van der Waals surface area contributed by atoms with Crippen molar-refractivity contribution in [2.45, 2.75) is 77.3 Å². The average molecular weight is 252 g/mol. The number of rotatable bonds is 9. The Morgan fingerprint density at radius 1 is 0.833 bits per heavy atom. The molecule has 0 amide bonds. The molecule has 2 unspecified atom stereocenters. The molecule has 102 valence electrons. The standard InChI is InChI=1S/C14H24N2O2/c1-5-13(3,15-11-17)9-7-8-10-14(4,6-2)16-12-18/h5-10H2,1-4H3. The van der Waals surface area contributed by atoms with Crippen LogP contribution in [0.25, 0.3) is 0 Å². The van der Waals surface area contributed by atoms with E-state index in [9.17, 15) is 9.59 Å². The van der Waals surface area contributed by atoms with E-state index in [1.165, 1.54) is 0 Å². The Morgan fingerprint density at radius 2 is 1.17 bits per heavy atom. The molecule has 0 saturated carbocycles. The molecular formula is C14H24N2O2. The van der Waals surface area contributed by atoms with E-state index in [1.807, 2.05) is 27.7 Å². The predicted octanol–water partition coefficient (Wildman–Crippen LogP) is 3.56. The Bertz CT molecular complexity index is 310. The van der Waals surface area contributed by atoms with Crippen LogP contribution < -0.4 is 0 Å². The fourth-order valence-electron chi connectivity index (χ4n) is 1.86. The number of hydrogen-bond acceptors (Lipinski definition) is 4. The van der Waals surface area contributed by atoms with Crippen LogP contribution in [0.2, 0.25) is 0 Å². The van der Waals surface area contributed by atoms with Crippen LogP contribution in [0, 0.1) is 0 Å². The number of nitrogens with zero attached hydrogens (tertiary/aromatic N) is 2. The molecule has 0 aliphatic rings. The Balaban J connectivity index is 4.20. The summed E-state index contributed by atoms with van der Waals surface area (Å²) in [5.41, 5.74) is -0.587. The maximum absolute atomic E-state index is 10.4. The summed E-state index contributed by atoms with van der Waals surface area (Å²) >= 11 is 0. The van der Waals surface area contributed by atoms with Crippen LogP contribution in [0.5, 0.6) is 0 Å². The average Bonchev–Trinajstić information content (AvgIpc) is 2.35. The molecule has 4 heteroatoms. The third-order valence-electron chi connectivity index (χ3n) is 3.84. The largest absolute Gasteiger partial charge is 0.235 e. The van der Waals surface area contributed by atoms with Gasteiger partial charge in [-0.15, -0.1) is 0 Å². The van der Waals surface area contributed by atoms with Crippen LogP contribution >= 0.6 is 0 Å². The van der Waals surface area contributed by atoms with Crippen molar-refractivity contribution in [3.63, 3.8) is 0 Å². The lowest BCUT2D eigenvalue weighted by atomic mass is 9.88. The molecule has 0 saturated heterocycles. The smallest absolute Gasteiger partial charge is 0.211 e. The van der Waals surface area contributed by atoms with Crippen molar-refractivity contribution in [3.8, 4) is 0 Å². The van der Waals surface area contributed by atoms with Crippen LogP contribution in [0.4, 0.5) is 0 Å². The monoisotopic (exact) mass is 252 g/mol. The van der Waals surface area contributed by atoms with Gasteiger partial charge in [-0.25, -0.2) is 9.59 Å². The number of hydrogen-bond donors (Lipinski definition) is 0. The zero-order valence-corrected chi connectivity index (χ0v) is 12.0. The van der Waals surface area contributed by atoms with Crippen molar-refractivity contribution < 1.29 is 9.59 Å². The van der Waals surface area contributed by atoms with Gasteiger partial charge in [-0.2, -0.15) is 9.98 Å². The van der Waals surface area contributed by atoms with E-state index in [-0.39, 0.29) is 11.1 Å². The highest BCUT2D eigenvalue weighted by atomic mass is 16.1. The van der Waals surface area contributed by atoms with Gasteiger partial charge in [0, 0.05) is 0 Å². The van der Waals surface area contributed by atoms with Crippen molar-refractivity contribution in [3.05, 3.63) is 0 Å². The van der Waals surface area contributed by atoms with Gasteiger partial charge in [0.15, 0.2) is 0 Å². The molecule has 0 aromatic heterocycles. The van der Waals surface area contributed by atoms with Crippen molar-refractivity contribution in [2.75, 3.05) is 0 Å². The molecule has 0 aromatic carbocycles. The SMILES string of the molecule is CCC(C)(CCCCC(C)(CC)N=C=O)N=C=O. The Kier molecular flexibility index (Phi) is 7.42. The minimum Gasteiger partial charge on any atom is -0.211 e. The summed E-state index contributed by atoms with van der Waals surface area (Å²) in [7, 11) is 0. The highest BCUT2D eigenvalue weighted by Crippen LogP contribution is 2.26. The van der Waals surface area contributed by atoms with Gasteiger partial charge in [-0.05, 0) is 39.5 Å². The van der Waals surface area contributed by atoms with E-state index >= 15 is 0 Å². The van der Waals surface area contributed by atoms with E-state index < -0.39 is 0 Å². The molecule has 0 aromatic rings. The molecule has 0 spiro atoms. The van der Waals surface area contributed by atoms with Gasteiger partial charge < -0.3 is 0 Å². The van der Waals surface area contributed by atoms with Crippen LogP contribution in [-0.2, 0) is 9.59 Å². The molecule has 0 radical (unpaired) electrons. The summed E-state index contributed by atoms with van der Waals surface area (Å²) in [6, 6.07) is 0. The second kappa shape index (κ2) is 7.97. The summed E-state index contributed by atoms with van der Waals surface area (Å²) in [4.78, 5) is 28.5. The molecule has 0 N–H and O–H groups in total. The fraction of sp³-hybridized carbons (Fsp3) is 0.857. The summed E-state index contributed by atoms with van der Waals surface area (Å²) in [6.45, 7) is 7.99. The first kappa shape index (κ1) is 16.8. The Morgan fingerprint density at radius 3 is 1.39 bits per heavy atom. The van der Waals surface area contributed by atoms with Crippen molar-refractivity contribution in [2.24, 2.45) is 9.98 Å². The molecule has 0 aliphatic carbocycles. The summed E-state index contributed by atoms with van der Waals surface area (Å²) in [5, 5.41) is 0. The number of carbonyl (C=O) groups excluding carboxylic acids is 2. The molecule has 0 fully saturated rings. The topological polar surface area (TPSA) is 58.9 Å². The third-order valence-corrected chi connectivity index (χ3v) is 3.84. The van der Waals surface area contributed by atoms with Gasteiger partial charge in [0.1, 0.15) is 0 Å². The lowest BCUT2D eigenvalue weighted by Crippen LogP contribution is -2.22. The number of unbranched alkanes of at least 4 members (excludes halogenated alkanes) is 1. The van der Waals surface area contributed by atoms with Gasteiger partial charge in [0.05, 0.1) is 11.1 Å². The van der Waals surface area contributed by atoms with Crippen LogP contribution in [-0.4, -0.2) is 23.2 Å². The minimum atomic E-state index is -0.293. The van der Waals surface area contributed by atoms with E-state index in [4.69, 9.17) is 0 Å². The normalized spacial score (nSPS) is 16.9. The molecule has 0 aliphatic heterocycles. The Labute approximate surface area is 110 Å². The van der Waals surface area contributed by atoms with Gasteiger partial charge in [-0.3, -0.25) is 0 Å². The second-order valence-electron chi connectivity index (χ2n) is 5.31. The summed E-state index contributed by atoms with van der Waals surface area (Å²) < 4.78 is 0. The first-order valence-electron chi connectivity index (χ1n) is 6.63. The van der Waals surface area contributed by atoms with Crippen molar-refractivity contribution in [1.29, 1.82) is 0 Å². The van der Waals surface area contributed by atoms with Gasteiger partial charge >= 0.3 is 0 Å². The first-order valence-corrected chi connectivity index (χ1v) is 6.63. The first-order chi connectivity index (χ1) is 8.45. The lowest BCUT2D eigenvalue weighted by Gasteiger charge is -2.24. The predicted molar refractivity (Wildman–Crippen MR) is 72.1 cm³/mol. The number of isocyanates is 2. The molecule has 0 bridgehead atoms. The summed E-state index contributed by atoms with van der Waals surface area (Å²) in [6.07, 6.45) is 8.64. The van der Waals surface area contributed by atoms with E-state index in [2.05, 4.69) is 9.98 Å². The zero-order chi connectivity index (χ0) is 14.1. The van der Waals surface area contributed by atoms with Crippen LogP contribution in [0.3, 0.4) is 0 Å². The Hall–Kier alpha value is -1.24. The quantitative estimate of drug-likeness (QED) is 0.358. The van der Waals surface area contributed by atoms with Crippen molar-refractivity contribution in [1.82, 2.24) is 0 Å². The minimum absolute atomic E-state index is 0.293. The van der Waals surface area contributed by atoms with Crippen LogP contribution in [0.1, 0.15) is 66.2 Å². The highest BCUT2D eigenvalue weighted by Gasteiger charge is 2.23. The maximum Gasteiger partial charge on any atom is 0.235 e. The number of aliphatic imine (C=N–C) groups is 2. The summed E-state index contributed by atoms with van der Waals surface area (Å²) in [5.74, 6) is 0. The van der Waals surface area contributed by atoms with E-state index in [0.717, 1.165) is 38.5 Å². The molecule has 18 heavy (non-hydrogen) atoms. The molecular weight excluding hydrogens is 228 g/mol. The zero-order valence-electron chi connectivity index (χ0n) is 12.0. The van der Waals surface area contributed by atoms with E-state index in [0.29, 0.717) is 0 Å². The second-order valence-corrected chi connectivity index (χ2v) is 5.31. The van der Waals surface area contributed by atoms with Gasteiger partial charge in [0.25, 0.3) is 0 Å². The van der Waals surface area contributed by atoms with Gasteiger partial charge in [-0.1, -0.05) is 26.7 Å². The van der Waals surface area contributed by atoms with Crippen molar-refractivity contribution >= 4 is 12.2 Å². The molecule has 2 atom stereocenters. The van der Waals surface area contributed by atoms with E-state index in [1.54, 1.807) is 12.2 Å². The fourth-order valence-corrected chi connectivity index (χ4v) is 1.86. The molecule has 4 nitrogen and oxygen atoms in total. The van der Waals surface area contributed by atoms with Gasteiger partial charge in [0.2, 0.25) is 12.2 Å². The highest BCUT2D eigenvalue weighted by molar-refractivity contribution is 5.35. The lowest BCUT2D eigenvalue weighted by molar-refractivity contribution is 0.360. The molecule has 0 heterocycles. The third kappa shape index (κ3) is 5.90. The van der Waals surface area contributed by atoms with Crippen LogP contribution in [0.15, 0.2) is 9.98 Å². The molecule has 0 rings (SSSR count). The maximum atomic E-state index is 10.4.